The summed E-state index contributed by atoms with van der Waals surface area (Å²) in [6.07, 6.45) is 2.06. The lowest BCUT2D eigenvalue weighted by atomic mass is 10.2. The van der Waals surface area contributed by atoms with E-state index in [1.54, 1.807) is 19.0 Å². The number of hydrogen-bond acceptors (Lipinski definition) is 4. The van der Waals surface area contributed by atoms with Gasteiger partial charge in [-0.25, -0.2) is 0 Å². The molecule has 1 aromatic heterocycles. The maximum Gasteiger partial charge on any atom is 0.248 e. The van der Waals surface area contributed by atoms with Crippen LogP contribution in [0.15, 0.2) is 48.7 Å². The number of carbonyl (C=O) groups excluding carboxylic acids is 1. The lowest BCUT2D eigenvalue weighted by molar-refractivity contribution is -0.136. The molecular weight excluding hydrogens is 342 g/mol. The number of nitrogens with zero attached hydrogens (tertiary/aromatic N) is 3. The second kappa shape index (κ2) is 9.69. The highest BCUT2D eigenvalue weighted by Gasteiger charge is 2.22. The third kappa shape index (κ3) is 5.92. The van der Waals surface area contributed by atoms with E-state index in [2.05, 4.69) is 39.9 Å². The number of carbonyl (C=O) groups is 1. The number of ether oxygens (including phenoxy) is 2. The number of rotatable bonds is 8. The summed E-state index contributed by atoms with van der Waals surface area (Å²) in [6, 6.07) is 14.4. The molecule has 0 bridgehead atoms. The Hall–Kier alpha value is -2.15. The van der Waals surface area contributed by atoms with Gasteiger partial charge >= 0.3 is 0 Å². The first kappa shape index (κ1) is 19.6. The van der Waals surface area contributed by atoms with E-state index in [-0.39, 0.29) is 18.6 Å². The molecular formula is C21H29N3O3. The first-order valence-corrected chi connectivity index (χ1v) is 9.41. The summed E-state index contributed by atoms with van der Waals surface area (Å²) in [4.78, 5) is 15.8. The molecule has 0 N–H and O–H groups in total. The smallest absolute Gasteiger partial charge is 0.248 e. The monoisotopic (exact) mass is 371 g/mol. The van der Waals surface area contributed by atoms with E-state index in [0.717, 1.165) is 26.2 Å². The van der Waals surface area contributed by atoms with Crippen LogP contribution in [-0.2, 0) is 34.0 Å². The summed E-state index contributed by atoms with van der Waals surface area (Å²) in [5.41, 5.74) is 2.45. The van der Waals surface area contributed by atoms with Gasteiger partial charge in [0.25, 0.3) is 0 Å². The molecule has 0 fully saturated rings. The van der Waals surface area contributed by atoms with E-state index in [4.69, 9.17) is 9.47 Å². The lowest BCUT2D eigenvalue weighted by Crippen LogP contribution is -2.37. The van der Waals surface area contributed by atoms with Crippen molar-refractivity contribution in [3.05, 3.63) is 59.9 Å². The quantitative estimate of drug-likeness (QED) is 0.666. The molecule has 1 atom stereocenters. The van der Waals surface area contributed by atoms with Crippen LogP contribution in [0.3, 0.4) is 0 Å². The third-order valence-electron chi connectivity index (χ3n) is 4.78. The van der Waals surface area contributed by atoms with Gasteiger partial charge in [0, 0.05) is 52.2 Å². The van der Waals surface area contributed by atoms with Gasteiger partial charge in [-0.2, -0.15) is 0 Å². The topological polar surface area (TPSA) is 46.9 Å². The average Bonchev–Trinajstić information content (AvgIpc) is 3.02. The highest BCUT2D eigenvalue weighted by Crippen LogP contribution is 2.15. The molecule has 146 valence electrons. The van der Waals surface area contributed by atoms with Crippen LogP contribution in [0.4, 0.5) is 0 Å². The van der Waals surface area contributed by atoms with Crippen LogP contribution in [0.5, 0.6) is 0 Å². The minimum absolute atomic E-state index is 0.00952. The van der Waals surface area contributed by atoms with Gasteiger partial charge in [0.1, 0.15) is 6.61 Å². The number of amides is 1. The highest BCUT2D eigenvalue weighted by atomic mass is 16.5. The molecule has 2 heterocycles. The van der Waals surface area contributed by atoms with Crippen molar-refractivity contribution in [2.45, 2.75) is 25.8 Å². The Kier molecular flexibility index (Phi) is 7.04. The van der Waals surface area contributed by atoms with Crippen molar-refractivity contribution in [3.8, 4) is 0 Å². The molecule has 0 unspecified atom stereocenters. The summed E-state index contributed by atoms with van der Waals surface area (Å²) in [7, 11) is 3.50. The largest absolute Gasteiger partial charge is 0.375 e. The average molecular weight is 371 g/mol. The first-order valence-electron chi connectivity index (χ1n) is 9.41. The van der Waals surface area contributed by atoms with Gasteiger partial charge < -0.3 is 18.9 Å². The van der Waals surface area contributed by atoms with E-state index >= 15 is 0 Å². The fourth-order valence-corrected chi connectivity index (χ4v) is 3.18. The zero-order valence-electron chi connectivity index (χ0n) is 16.2. The van der Waals surface area contributed by atoms with Crippen LogP contribution in [-0.4, -0.2) is 66.8 Å². The molecule has 1 aromatic carbocycles. The highest BCUT2D eigenvalue weighted by molar-refractivity contribution is 5.76. The molecule has 0 saturated heterocycles. The summed E-state index contributed by atoms with van der Waals surface area (Å²) in [5.74, 6) is -0.00952. The van der Waals surface area contributed by atoms with Crippen molar-refractivity contribution in [1.29, 1.82) is 0 Å². The Bertz CT molecular complexity index is 714. The third-order valence-corrected chi connectivity index (χ3v) is 4.78. The minimum atomic E-state index is -0.0170. The molecule has 27 heavy (non-hydrogen) atoms. The van der Waals surface area contributed by atoms with Crippen LogP contribution in [0.25, 0.3) is 0 Å². The molecule has 0 spiro atoms. The number of likely N-dealkylation sites (N-methyl/N-ethyl adjacent to an activating group) is 1. The van der Waals surface area contributed by atoms with Crippen LogP contribution in [0, 0.1) is 0 Å². The molecule has 0 radical (unpaired) electrons. The summed E-state index contributed by atoms with van der Waals surface area (Å²) >= 11 is 0. The Morgan fingerprint density at radius 3 is 2.74 bits per heavy atom. The molecule has 1 amide bonds. The maximum absolute atomic E-state index is 11.9. The van der Waals surface area contributed by atoms with Crippen molar-refractivity contribution < 1.29 is 14.3 Å². The van der Waals surface area contributed by atoms with Crippen LogP contribution >= 0.6 is 0 Å². The van der Waals surface area contributed by atoms with E-state index in [1.165, 1.54) is 11.3 Å². The van der Waals surface area contributed by atoms with E-state index < -0.39 is 0 Å². The summed E-state index contributed by atoms with van der Waals surface area (Å²) in [6.45, 7) is 4.66. The second-order valence-electron chi connectivity index (χ2n) is 7.15. The Morgan fingerprint density at radius 2 is 1.96 bits per heavy atom. The molecule has 6 heteroatoms. The predicted molar refractivity (Wildman–Crippen MR) is 104 cm³/mol. The van der Waals surface area contributed by atoms with Gasteiger partial charge in [0.2, 0.25) is 5.91 Å². The Balaban J connectivity index is 1.51. The maximum atomic E-state index is 11.9. The molecule has 1 aliphatic heterocycles. The van der Waals surface area contributed by atoms with Crippen molar-refractivity contribution in [1.82, 2.24) is 14.4 Å². The van der Waals surface area contributed by atoms with Gasteiger partial charge in [-0.05, 0) is 17.7 Å². The number of benzene rings is 1. The molecule has 3 rings (SSSR count). The van der Waals surface area contributed by atoms with Gasteiger partial charge in [-0.15, -0.1) is 0 Å². The lowest BCUT2D eigenvalue weighted by Gasteiger charge is -2.24. The number of aromatic nitrogens is 1. The fraction of sp³-hybridized carbons (Fsp3) is 0.476. The Morgan fingerprint density at radius 1 is 1.15 bits per heavy atom. The normalized spacial score (nSPS) is 17.3. The molecule has 0 saturated carbocycles. The first-order chi connectivity index (χ1) is 13.1. The molecule has 0 aliphatic carbocycles. The van der Waals surface area contributed by atoms with Crippen molar-refractivity contribution in [3.63, 3.8) is 0 Å². The minimum Gasteiger partial charge on any atom is -0.375 e. The predicted octanol–water partition coefficient (Wildman–Crippen LogP) is 1.99. The Labute approximate surface area is 161 Å². The zero-order valence-corrected chi connectivity index (χ0v) is 16.2. The molecule has 2 aromatic rings. The summed E-state index contributed by atoms with van der Waals surface area (Å²) in [5, 5.41) is 0. The van der Waals surface area contributed by atoms with E-state index in [1.807, 2.05) is 18.2 Å². The van der Waals surface area contributed by atoms with Crippen LogP contribution in [0.1, 0.15) is 11.3 Å². The molecule has 1 aliphatic rings. The van der Waals surface area contributed by atoms with Gasteiger partial charge in [-0.1, -0.05) is 30.3 Å². The number of hydrogen-bond donors (Lipinski definition) is 0. The molecule has 6 nitrogen and oxygen atoms in total. The van der Waals surface area contributed by atoms with Crippen molar-refractivity contribution in [2.75, 3.05) is 40.4 Å². The van der Waals surface area contributed by atoms with E-state index in [9.17, 15) is 4.79 Å². The fourth-order valence-electron chi connectivity index (χ4n) is 3.18. The standard InChI is InChI=1S/C21H29N3O3/c1-22(2)21(25)17-27-20-14-23(13-19-9-6-10-24(19)15-20)11-12-26-16-18-7-4-3-5-8-18/h3-10,20H,11-17H2,1-2H3/t20-/m1/s1. The zero-order chi connectivity index (χ0) is 19.1. The van der Waals surface area contributed by atoms with Crippen molar-refractivity contribution >= 4 is 5.91 Å². The van der Waals surface area contributed by atoms with Crippen LogP contribution < -0.4 is 0 Å². The number of fused-ring (bicyclic) bond motifs is 1. The van der Waals surface area contributed by atoms with Gasteiger partial charge in [-0.3, -0.25) is 9.69 Å². The van der Waals surface area contributed by atoms with E-state index in [0.29, 0.717) is 13.2 Å². The second-order valence-corrected chi connectivity index (χ2v) is 7.15. The van der Waals surface area contributed by atoms with Crippen LogP contribution in [0.2, 0.25) is 0 Å². The SMILES string of the molecule is CN(C)C(=O)CO[C@@H]1CN(CCOCc2ccccc2)Cc2cccn2C1. The van der Waals surface area contributed by atoms with Gasteiger partial charge in [0.05, 0.1) is 19.3 Å². The van der Waals surface area contributed by atoms with Gasteiger partial charge in [0.15, 0.2) is 0 Å². The summed E-state index contributed by atoms with van der Waals surface area (Å²) < 4.78 is 14.0. The van der Waals surface area contributed by atoms with Crippen molar-refractivity contribution in [2.24, 2.45) is 0 Å².